The summed E-state index contributed by atoms with van der Waals surface area (Å²) in [5.41, 5.74) is -0.255. The van der Waals surface area contributed by atoms with Gasteiger partial charge in [-0.1, -0.05) is 6.07 Å². The number of halogens is 3. The Kier molecular flexibility index (Phi) is 4.01. The van der Waals surface area contributed by atoms with Crippen LogP contribution in [0.2, 0.25) is 0 Å². The molecule has 1 N–H and O–H groups in total. The quantitative estimate of drug-likeness (QED) is 0.750. The van der Waals surface area contributed by atoms with E-state index in [1.807, 2.05) is 0 Å². The van der Waals surface area contributed by atoms with Crippen LogP contribution in [0.3, 0.4) is 0 Å². The molecule has 1 aromatic carbocycles. The Morgan fingerprint density at radius 2 is 2.04 bits per heavy atom. The topological polar surface area (TPSA) is 68.5 Å². The molecule has 9 heteroatoms. The van der Waals surface area contributed by atoms with Crippen LogP contribution >= 0.6 is 0 Å². The molecule has 0 bridgehead atoms. The maximum atomic E-state index is 13.4. The molecule has 1 aliphatic carbocycles. The number of ether oxygens (including phenoxy) is 1. The van der Waals surface area contributed by atoms with Crippen molar-refractivity contribution in [3.8, 4) is 5.75 Å². The third kappa shape index (κ3) is 3.44. The molecule has 140 valence electrons. The number of nitrogens with zero attached hydrogens (tertiary/aromatic N) is 3. The highest BCUT2D eigenvalue weighted by atomic mass is 19.4. The predicted molar refractivity (Wildman–Crippen MR) is 90.9 cm³/mol. The van der Waals surface area contributed by atoms with Crippen molar-refractivity contribution in [2.24, 2.45) is 0 Å². The molecular formula is C18H15F3N4O2. The summed E-state index contributed by atoms with van der Waals surface area (Å²) in [6.07, 6.45) is -2.97. The molecule has 6 nitrogen and oxygen atoms in total. The lowest BCUT2D eigenvalue weighted by Gasteiger charge is -2.10. The Labute approximate surface area is 152 Å². The molecule has 3 aromatic rings. The summed E-state index contributed by atoms with van der Waals surface area (Å²) in [5.74, 6) is -0.0483. The average Bonchev–Trinajstić information content (AvgIpc) is 3.38. The van der Waals surface area contributed by atoms with Crippen LogP contribution in [0.5, 0.6) is 5.75 Å². The van der Waals surface area contributed by atoms with Gasteiger partial charge in [-0.3, -0.25) is 4.79 Å². The first-order valence-electron chi connectivity index (χ1n) is 8.28. The normalized spacial score (nSPS) is 14.4. The van der Waals surface area contributed by atoms with Crippen LogP contribution in [0.25, 0.3) is 5.65 Å². The van der Waals surface area contributed by atoms with Gasteiger partial charge in [0.1, 0.15) is 11.4 Å². The summed E-state index contributed by atoms with van der Waals surface area (Å²) in [5, 5.41) is 6.43. The third-order valence-corrected chi connectivity index (χ3v) is 4.29. The smallest absolute Gasteiger partial charge is 0.433 e. The van der Waals surface area contributed by atoms with Gasteiger partial charge in [-0.2, -0.15) is 18.3 Å². The molecule has 1 fully saturated rings. The Morgan fingerprint density at radius 1 is 1.26 bits per heavy atom. The van der Waals surface area contributed by atoms with Gasteiger partial charge in [0.15, 0.2) is 11.3 Å². The second-order valence-corrected chi connectivity index (χ2v) is 6.32. The lowest BCUT2D eigenvalue weighted by molar-refractivity contribution is -0.142. The van der Waals surface area contributed by atoms with E-state index in [-0.39, 0.29) is 17.3 Å². The fourth-order valence-corrected chi connectivity index (χ4v) is 2.79. The number of nitrogens with one attached hydrogen (secondary N) is 1. The highest BCUT2D eigenvalue weighted by Crippen LogP contribution is 2.41. The SMILES string of the molecule is COc1cccc(NC(=O)c2cc3nc(C4CC4)cc(C(F)(F)F)n3n2)c1. The zero-order valence-corrected chi connectivity index (χ0v) is 14.2. The third-order valence-electron chi connectivity index (χ3n) is 4.29. The molecule has 1 amide bonds. The zero-order valence-electron chi connectivity index (χ0n) is 14.2. The standard InChI is InChI=1S/C18H15F3N4O2/c1-27-12-4-2-3-11(7-12)22-17(26)14-9-16-23-13(10-5-6-10)8-15(18(19,20)21)25(16)24-14/h2-4,7-10H,5-6H2,1H3,(H,22,26). The molecule has 1 saturated carbocycles. The van der Waals surface area contributed by atoms with Crippen LogP contribution in [0.15, 0.2) is 36.4 Å². The van der Waals surface area contributed by atoms with Crippen molar-refractivity contribution >= 4 is 17.2 Å². The number of hydrogen-bond acceptors (Lipinski definition) is 4. The van der Waals surface area contributed by atoms with Crippen molar-refractivity contribution in [2.45, 2.75) is 24.9 Å². The van der Waals surface area contributed by atoms with E-state index < -0.39 is 17.8 Å². The monoisotopic (exact) mass is 376 g/mol. The minimum absolute atomic E-state index is 0.00233. The molecule has 1 aliphatic rings. The van der Waals surface area contributed by atoms with Crippen LogP contribution < -0.4 is 10.1 Å². The summed E-state index contributed by atoms with van der Waals surface area (Å²) in [6, 6.07) is 8.90. The van der Waals surface area contributed by atoms with Gasteiger partial charge in [-0.15, -0.1) is 0 Å². The predicted octanol–water partition coefficient (Wildman–Crippen LogP) is 3.89. The first kappa shape index (κ1) is 17.3. The summed E-state index contributed by atoms with van der Waals surface area (Å²) >= 11 is 0. The number of fused-ring (bicyclic) bond motifs is 1. The summed E-state index contributed by atoms with van der Waals surface area (Å²) in [4.78, 5) is 16.7. The van der Waals surface area contributed by atoms with Crippen molar-refractivity contribution in [1.82, 2.24) is 14.6 Å². The minimum Gasteiger partial charge on any atom is -0.497 e. The molecule has 2 heterocycles. The van der Waals surface area contributed by atoms with Gasteiger partial charge in [0.05, 0.1) is 7.11 Å². The van der Waals surface area contributed by atoms with Gasteiger partial charge in [0, 0.05) is 29.4 Å². The second-order valence-electron chi connectivity index (χ2n) is 6.32. The number of carbonyl (C=O) groups is 1. The molecule has 0 aliphatic heterocycles. The highest BCUT2D eigenvalue weighted by molar-refractivity contribution is 6.03. The first-order chi connectivity index (χ1) is 12.8. The van der Waals surface area contributed by atoms with E-state index in [0.29, 0.717) is 21.6 Å². The van der Waals surface area contributed by atoms with Crippen LogP contribution in [0.4, 0.5) is 18.9 Å². The van der Waals surface area contributed by atoms with E-state index >= 15 is 0 Å². The molecule has 0 unspecified atom stereocenters. The van der Waals surface area contributed by atoms with Crippen molar-refractivity contribution in [1.29, 1.82) is 0 Å². The van der Waals surface area contributed by atoms with Crippen molar-refractivity contribution < 1.29 is 22.7 Å². The fraction of sp³-hybridized carbons (Fsp3) is 0.278. The molecule has 0 spiro atoms. The summed E-state index contributed by atoms with van der Waals surface area (Å²) < 4.78 is 46.0. The van der Waals surface area contributed by atoms with E-state index in [9.17, 15) is 18.0 Å². The number of aromatic nitrogens is 3. The Hall–Kier alpha value is -3.10. The van der Waals surface area contributed by atoms with Crippen molar-refractivity contribution in [3.63, 3.8) is 0 Å². The molecular weight excluding hydrogens is 361 g/mol. The molecule has 4 rings (SSSR count). The van der Waals surface area contributed by atoms with Gasteiger partial charge in [0.25, 0.3) is 5.91 Å². The van der Waals surface area contributed by atoms with Gasteiger partial charge in [-0.05, 0) is 31.0 Å². The Balaban J connectivity index is 1.70. The van der Waals surface area contributed by atoms with Crippen LogP contribution in [0, 0.1) is 0 Å². The largest absolute Gasteiger partial charge is 0.497 e. The number of methoxy groups -OCH3 is 1. The fourth-order valence-electron chi connectivity index (χ4n) is 2.79. The maximum absolute atomic E-state index is 13.4. The van der Waals surface area contributed by atoms with Gasteiger partial charge >= 0.3 is 6.18 Å². The maximum Gasteiger partial charge on any atom is 0.433 e. The lowest BCUT2D eigenvalue weighted by atomic mass is 10.2. The van der Waals surface area contributed by atoms with E-state index in [1.165, 1.54) is 13.2 Å². The Morgan fingerprint density at radius 3 is 2.70 bits per heavy atom. The zero-order chi connectivity index (χ0) is 19.2. The summed E-state index contributed by atoms with van der Waals surface area (Å²) in [6.45, 7) is 0. The van der Waals surface area contributed by atoms with Gasteiger partial charge in [0.2, 0.25) is 0 Å². The lowest BCUT2D eigenvalue weighted by Crippen LogP contribution is -2.16. The number of benzene rings is 1. The van der Waals surface area contributed by atoms with Crippen molar-refractivity contribution in [3.05, 3.63) is 53.5 Å². The second kappa shape index (κ2) is 6.26. The van der Waals surface area contributed by atoms with E-state index in [0.717, 1.165) is 18.9 Å². The van der Waals surface area contributed by atoms with Crippen LogP contribution in [-0.2, 0) is 6.18 Å². The van der Waals surface area contributed by atoms with Crippen molar-refractivity contribution in [2.75, 3.05) is 12.4 Å². The van der Waals surface area contributed by atoms with E-state index in [2.05, 4.69) is 15.4 Å². The molecule has 2 aromatic heterocycles. The molecule has 0 radical (unpaired) electrons. The number of amides is 1. The van der Waals surface area contributed by atoms with Crippen LogP contribution in [0.1, 0.15) is 40.6 Å². The first-order valence-corrected chi connectivity index (χ1v) is 8.28. The molecule has 27 heavy (non-hydrogen) atoms. The number of rotatable bonds is 4. The Bertz CT molecular complexity index is 1030. The number of alkyl halides is 3. The number of carbonyl (C=O) groups excluding carboxylic acids is 1. The molecule has 0 saturated heterocycles. The summed E-state index contributed by atoms with van der Waals surface area (Å²) in [7, 11) is 1.49. The number of anilines is 1. The number of hydrogen-bond donors (Lipinski definition) is 1. The van der Waals surface area contributed by atoms with Gasteiger partial charge < -0.3 is 10.1 Å². The van der Waals surface area contributed by atoms with E-state index in [4.69, 9.17) is 4.74 Å². The van der Waals surface area contributed by atoms with Crippen LogP contribution in [-0.4, -0.2) is 27.6 Å². The minimum atomic E-state index is -4.60. The average molecular weight is 376 g/mol. The van der Waals surface area contributed by atoms with Gasteiger partial charge in [-0.25, -0.2) is 9.50 Å². The molecule has 0 atom stereocenters. The highest BCUT2D eigenvalue weighted by Gasteiger charge is 2.37. The van der Waals surface area contributed by atoms with E-state index in [1.54, 1.807) is 24.3 Å².